The number of carbonyl (C=O) groups is 2. The van der Waals surface area contributed by atoms with Gasteiger partial charge in [-0.15, -0.1) is 0 Å². The first kappa shape index (κ1) is 11.9. The van der Waals surface area contributed by atoms with Crippen LogP contribution in [-0.4, -0.2) is 48.7 Å². The SMILES string of the molecule is CN(CCO)CCC(=O)NC(N)=O. The molecule has 0 fully saturated rings. The van der Waals surface area contributed by atoms with E-state index in [1.807, 2.05) is 5.32 Å². The number of aliphatic hydroxyl groups is 1. The Labute approximate surface area is 76.7 Å². The van der Waals surface area contributed by atoms with E-state index in [0.717, 1.165) is 0 Å². The molecule has 13 heavy (non-hydrogen) atoms. The number of hydrogen-bond acceptors (Lipinski definition) is 4. The average molecular weight is 189 g/mol. The summed E-state index contributed by atoms with van der Waals surface area (Å²) in [6.07, 6.45) is 0.194. The third-order valence-electron chi connectivity index (χ3n) is 1.46. The summed E-state index contributed by atoms with van der Waals surface area (Å²) in [5.74, 6) is -0.405. The fraction of sp³-hybridized carbons (Fsp3) is 0.714. The van der Waals surface area contributed by atoms with Gasteiger partial charge in [-0.25, -0.2) is 4.79 Å². The zero-order chi connectivity index (χ0) is 10.3. The first-order valence-corrected chi connectivity index (χ1v) is 3.95. The van der Waals surface area contributed by atoms with Crippen LogP contribution < -0.4 is 11.1 Å². The number of carbonyl (C=O) groups excluding carboxylic acids is 2. The Balaban J connectivity index is 3.51. The second-order valence-corrected chi connectivity index (χ2v) is 2.69. The van der Waals surface area contributed by atoms with Gasteiger partial charge in [-0.2, -0.15) is 0 Å². The Morgan fingerprint density at radius 2 is 2.08 bits per heavy atom. The summed E-state index contributed by atoms with van der Waals surface area (Å²) in [4.78, 5) is 22.9. The zero-order valence-electron chi connectivity index (χ0n) is 7.62. The van der Waals surface area contributed by atoms with Gasteiger partial charge in [0.2, 0.25) is 5.91 Å². The van der Waals surface area contributed by atoms with Gasteiger partial charge in [0.15, 0.2) is 0 Å². The van der Waals surface area contributed by atoms with Gasteiger partial charge in [0.25, 0.3) is 0 Å². The molecule has 0 saturated heterocycles. The Morgan fingerprint density at radius 1 is 1.46 bits per heavy atom. The Kier molecular flexibility index (Phi) is 5.82. The number of nitrogens with zero attached hydrogens (tertiary/aromatic N) is 1. The highest BCUT2D eigenvalue weighted by atomic mass is 16.3. The Bertz CT molecular complexity index is 184. The van der Waals surface area contributed by atoms with Crippen molar-refractivity contribution < 1.29 is 14.7 Å². The number of amides is 3. The molecule has 0 unspecified atom stereocenters. The third kappa shape index (κ3) is 7.23. The van der Waals surface area contributed by atoms with Crippen LogP contribution in [-0.2, 0) is 4.79 Å². The van der Waals surface area contributed by atoms with Gasteiger partial charge in [0.05, 0.1) is 6.61 Å². The van der Waals surface area contributed by atoms with E-state index in [1.165, 1.54) is 0 Å². The minimum Gasteiger partial charge on any atom is -0.395 e. The van der Waals surface area contributed by atoms with Crippen molar-refractivity contribution in [3.8, 4) is 0 Å². The van der Waals surface area contributed by atoms with Crippen molar-refractivity contribution in [2.75, 3.05) is 26.7 Å². The van der Waals surface area contributed by atoms with Gasteiger partial charge in [-0.3, -0.25) is 10.1 Å². The first-order valence-electron chi connectivity index (χ1n) is 3.95. The summed E-state index contributed by atoms with van der Waals surface area (Å²) in [6, 6.07) is -0.838. The van der Waals surface area contributed by atoms with Crippen molar-refractivity contribution in [2.45, 2.75) is 6.42 Å². The van der Waals surface area contributed by atoms with Gasteiger partial charge >= 0.3 is 6.03 Å². The van der Waals surface area contributed by atoms with E-state index in [-0.39, 0.29) is 13.0 Å². The first-order chi connectivity index (χ1) is 6.06. The lowest BCUT2D eigenvalue weighted by molar-refractivity contribution is -0.120. The summed E-state index contributed by atoms with van der Waals surface area (Å²) in [7, 11) is 1.77. The summed E-state index contributed by atoms with van der Waals surface area (Å²) in [6.45, 7) is 1.04. The molecular formula is C7H15N3O3. The molecule has 0 aromatic heterocycles. The van der Waals surface area contributed by atoms with E-state index >= 15 is 0 Å². The fourth-order valence-corrected chi connectivity index (χ4v) is 0.775. The molecule has 0 saturated carbocycles. The molecular weight excluding hydrogens is 174 g/mol. The van der Waals surface area contributed by atoms with Crippen LogP contribution in [0, 0.1) is 0 Å². The van der Waals surface area contributed by atoms with Gasteiger partial charge in [0, 0.05) is 19.5 Å². The van der Waals surface area contributed by atoms with Crippen LogP contribution in [0.25, 0.3) is 0 Å². The molecule has 0 aliphatic carbocycles. The van der Waals surface area contributed by atoms with Crippen molar-refractivity contribution in [1.82, 2.24) is 10.2 Å². The summed E-state index contributed by atoms with van der Waals surface area (Å²) < 4.78 is 0. The van der Waals surface area contributed by atoms with E-state index in [2.05, 4.69) is 0 Å². The smallest absolute Gasteiger partial charge is 0.318 e. The molecule has 0 aliphatic rings. The number of nitrogens with one attached hydrogen (secondary N) is 1. The molecule has 6 heteroatoms. The fourth-order valence-electron chi connectivity index (χ4n) is 0.775. The molecule has 0 heterocycles. The molecule has 0 spiro atoms. The topological polar surface area (TPSA) is 95.7 Å². The summed E-state index contributed by atoms with van der Waals surface area (Å²) >= 11 is 0. The molecule has 0 radical (unpaired) electrons. The van der Waals surface area contributed by atoms with Crippen LogP contribution in [0.3, 0.4) is 0 Å². The highest BCUT2D eigenvalue weighted by Crippen LogP contribution is 1.86. The molecule has 6 nitrogen and oxygen atoms in total. The van der Waals surface area contributed by atoms with Crippen molar-refractivity contribution >= 4 is 11.9 Å². The van der Waals surface area contributed by atoms with Crippen LogP contribution >= 0.6 is 0 Å². The number of hydrogen-bond donors (Lipinski definition) is 3. The van der Waals surface area contributed by atoms with Gasteiger partial charge in [-0.1, -0.05) is 0 Å². The van der Waals surface area contributed by atoms with Crippen molar-refractivity contribution in [3.63, 3.8) is 0 Å². The quantitative estimate of drug-likeness (QED) is 0.490. The molecule has 0 bridgehead atoms. The number of primary amides is 1. The monoisotopic (exact) mass is 189 g/mol. The molecule has 3 amide bonds. The third-order valence-corrected chi connectivity index (χ3v) is 1.46. The molecule has 0 atom stereocenters. The maximum absolute atomic E-state index is 10.9. The number of likely N-dealkylation sites (N-methyl/N-ethyl adjacent to an activating group) is 1. The normalized spacial score (nSPS) is 10.1. The minimum atomic E-state index is -0.838. The lowest BCUT2D eigenvalue weighted by atomic mass is 10.3. The highest BCUT2D eigenvalue weighted by molar-refractivity contribution is 5.93. The van der Waals surface area contributed by atoms with Crippen LogP contribution in [0.15, 0.2) is 0 Å². The summed E-state index contributed by atoms with van der Waals surface area (Å²) in [5, 5.41) is 10.5. The standard InChI is InChI=1S/C7H15N3O3/c1-10(4-5-11)3-2-6(12)9-7(8)13/h11H,2-5H2,1H3,(H3,8,9,12,13). The average Bonchev–Trinajstić information content (AvgIpc) is 2.00. The van der Waals surface area contributed by atoms with E-state index in [1.54, 1.807) is 11.9 Å². The number of imide groups is 1. The predicted octanol–water partition coefficient (Wildman–Crippen LogP) is -1.50. The molecule has 0 aromatic rings. The van der Waals surface area contributed by atoms with E-state index < -0.39 is 11.9 Å². The molecule has 0 aliphatic heterocycles. The highest BCUT2D eigenvalue weighted by Gasteiger charge is 2.05. The number of rotatable bonds is 5. The number of urea groups is 1. The minimum absolute atomic E-state index is 0.0495. The largest absolute Gasteiger partial charge is 0.395 e. The maximum Gasteiger partial charge on any atom is 0.318 e. The zero-order valence-corrected chi connectivity index (χ0v) is 7.62. The Hall–Kier alpha value is -1.14. The lowest BCUT2D eigenvalue weighted by Gasteiger charge is -2.13. The van der Waals surface area contributed by atoms with Gasteiger partial charge in [-0.05, 0) is 7.05 Å². The second kappa shape index (κ2) is 6.38. The molecule has 0 aromatic carbocycles. The molecule has 0 rings (SSSR count). The van der Waals surface area contributed by atoms with E-state index in [4.69, 9.17) is 10.8 Å². The van der Waals surface area contributed by atoms with E-state index in [9.17, 15) is 9.59 Å². The number of nitrogens with two attached hydrogens (primary N) is 1. The maximum atomic E-state index is 10.9. The molecule has 4 N–H and O–H groups in total. The van der Waals surface area contributed by atoms with Crippen molar-refractivity contribution in [3.05, 3.63) is 0 Å². The second-order valence-electron chi connectivity index (χ2n) is 2.69. The van der Waals surface area contributed by atoms with Crippen LogP contribution in [0.1, 0.15) is 6.42 Å². The lowest BCUT2D eigenvalue weighted by Crippen LogP contribution is -2.37. The Morgan fingerprint density at radius 3 is 2.54 bits per heavy atom. The van der Waals surface area contributed by atoms with Crippen LogP contribution in [0.2, 0.25) is 0 Å². The van der Waals surface area contributed by atoms with Crippen molar-refractivity contribution in [1.29, 1.82) is 0 Å². The van der Waals surface area contributed by atoms with Gasteiger partial charge < -0.3 is 15.7 Å². The van der Waals surface area contributed by atoms with Crippen LogP contribution in [0.4, 0.5) is 4.79 Å². The van der Waals surface area contributed by atoms with Crippen LogP contribution in [0.5, 0.6) is 0 Å². The van der Waals surface area contributed by atoms with E-state index in [0.29, 0.717) is 13.1 Å². The predicted molar refractivity (Wildman–Crippen MR) is 46.9 cm³/mol. The summed E-state index contributed by atoms with van der Waals surface area (Å²) in [5.41, 5.74) is 4.73. The van der Waals surface area contributed by atoms with Crippen molar-refractivity contribution in [2.24, 2.45) is 5.73 Å². The van der Waals surface area contributed by atoms with Gasteiger partial charge in [0.1, 0.15) is 0 Å². The number of aliphatic hydroxyl groups excluding tert-OH is 1. The molecule has 76 valence electrons.